The molecule has 0 spiro atoms. The zero-order valence-corrected chi connectivity index (χ0v) is 15.1. The first-order valence-corrected chi connectivity index (χ1v) is 10.2. The third-order valence-corrected chi connectivity index (χ3v) is 5.80. The number of carbonyl (C=O) groups excluding carboxylic acids is 1. The quantitative estimate of drug-likeness (QED) is 0.544. The maximum Gasteiger partial charge on any atom is 0.403 e. The van der Waals surface area contributed by atoms with E-state index in [9.17, 15) is 30.7 Å². The van der Waals surface area contributed by atoms with Gasteiger partial charge in [0.25, 0.3) is 0 Å². The summed E-state index contributed by atoms with van der Waals surface area (Å²) >= 11 is 5.18. The molecule has 0 bridgehead atoms. The first kappa shape index (κ1) is 18.8. The number of benzene rings is 2. The van der Waals surface area contributed by atoms with Crippen LogP contribution >= 0.6 is 11.6 Å². The third-order valence-electron chi connectivity index (χ3n) is 4.03. The lowest BCUT2D eigenvalue weighted by atomic mass is 9.98. The van der Waals surface area contributed by atoms with E-state index in [2.05, 4.69) is 0 Å². The molecule has 26 heavy (non-hydrogen) atoms. The lowest BCUT2D eigenvalue weighted by Crippen LogP contribution is -2.08. The Labute approximate surface area is 153 Å². The zero-order valence-electron chi connectivity index (χ0n) is 12.7. The van der Waals surface area contributed by atoms with Gasteiger partial charge in [-0.3, -0.25) is 0 Å². The maximum atomic E-state index is 11.3. The molecule has 11 heteroatoms. The molecule has 0 saturated heterocycles. The van der Waals surface area contributed by atoms with Crippen molar-refractivity contribution in [1.29, 1.82) is 0 Å². The number of hydrogen-bond donors (Lipinski definition) is 0. The Morgan fingerprint density at radius 1 is 0.923 bits per heavy atom. The molecule has 0 N–H and O–H groups in total. The number of fused-ring (bicyclic) bond motifs is 3. The van der Waals surface area contributed by atoms with Crippen LogP contribution in [0.5, 0.6) is 0 Å². The first-order valence-electron chi connectivity index (χ1n) is 7.01. The van der Waals surface area contributed by atoms with Gasteiger partial charge in [0, 0.05) is 17.5 Å². The number of rotatable bonds is 4. The zero-order chi connectivity index (χ0) is 19.3. The second-order valence-corrected chi connectivity index (χ2v) is 8.58. The molecule has 0 aromatic heterocycles. The summed E-state index contributed by atoms with van der Waals surface area (Å²) in [7, 11) is -9.49. The van der Waals surface area contributed by atoms with Crippen LogP contribution in [0.1, 0.15) is 17.0 Å². The minimum absolute atomic E-state index is 0.185. The van der Waals surface area contributed by atoms with E-state index in [1.807, 2.05) is 0 Å². The highest BCUT2D eigenvalue weighted by Crippen LogP contribution is 2.46. The van der Waals surface area contributed by atoms with Gasteiger partial charge in [0.2, 0.25) is 0 Å². The van der Waals surface area contributed by atoms with Gasteiger partial charge in [0.05, 0.1) is 9.79 Å². The molecule has 2 aromatic carbocycles. The van der Waals surface area contributed by atoms with Crippen molar-refractivity contribution in [3.8, 4) is 11.1 Å². The highest BCUT2D eigenvalue weighted by Gasteiger charge is 2.31. The summed E-state index contributed by atoms with van der Waals surface area (Å²) in [5, 5.41) is 0. The van der Waals surface area contributed by atoms with Crippen molar-refractivity contribution in [2.24, 2.45) is 0 Å². The molecule has 0 heterocycles. The smallest absolute Gasteiger partial charge is 0.403 e. The van der Waals surface area contributed by atoms with Crippen LogP contribution in [0.3, 0.4) is 0 Å². The Kier molecular flexibility index (Phi) is 4.57. The van der Waals surface area contributed by atoms with E-state index in [0.717, 1.165) is 24.3 Å². The normalized spacial score (nSPS) is 14.0. The molecule has 0 atom stereocenters. The molecule has 0 saturated carbocycles. The molecule has 0 fully saturated rings. The van der Waals surface area contributed by atoms with Gasteiger partial charge in [-0.05, 0) is 46.5 Å². The standard InChI is InChI=1S/C15H11ClO8S2/c16-15(17)24-7-14-10-3-1-8(25(18,19)20)5-12(10)13-6-9(26(21,22)23)2-4-11(13)14/h1-6,14H,7H2,(H,18,19,20)(H,21,22,23)/p-2. The van der Waals surface area contributed by atoms with E-state index in [4.69, 9.17) is 16.3 Å². The van der Waals surface area contributed by atoms with Gasteiger partial charge in [0.15, 0.2) is 0 Å². The van der Waals surface area contributed by atoms with Crippen LogP contribution in [-0.2, 0) is 25.0 Å². The largest absolute Gasteiger partial charge is 0.744 e. The predicted molar refractivity (Wildman–Crippen MR) is 86.8 cm³/mol. The number of carbonyl (C=O) groups is 1. The number of hydrogen-bond acceptors (Lipinski definition) is 8. The van der Waals surface area contributed by atoms with Crippen molar-refractivity contribution in [2.75, 3.05) is 6.61 Å². The molecule has 1 aliphatic carbocycles. The topological polar surface area (TPSA) is 141 Å². The lowest BCUT2D eigenvalue weighted by Gasteiger charge is -2.14. The third kappa shape index (κ3) is 3.46. The minimum Gasteiger partial charge on any atom is -0.744 e. The van der Waals surface area contributed by atoms with E-state index in [0.29, 0.717) is 11.1 Å². The fraction of sp³-hybridized carbons (Fsp3) is 0.133. The second-order valence-electron chi connectivity index (χ2n) is 5.51. The summed E-state index contributed by atoms with van der Waals surface area (Å²) < 4.78 is 72.5. The fourth-order valence-corrected chi connectivity index (χ4v) is 4.01. The monoisotopic (exact) mass is 416 g/mol. The number of ether oxygens (including phenoxy) is 1. The molecule has 0 amide bonds. The average molecular weight is 417 g/mol. The van der Waals surface area contributed by atoms with Gasteiger partial charge < -0.3 is 13.8 Å². The molecule has 1 aliphatic rings. The lowest BCUT2D eigenvalue weighted by molar-refractivity contribution is 0.170. The molecule has 0 unspecified atom stereocenters. The van der Waals surface area contributed by atoms with Gasteiger partial charge in [-0.25, -0.2) is 21.6 Å². The van der Waals surface area contributed by atoms with Crippen molar-refractivity contribution in [3.05, 3.63) is 47.5 Å². The molecule has 0 radical (unpaired) electrons. The van der Waals surface area contributed by atoms with Crippen LogP contribution in [0.25, 0.3) is 11.1 Å². The van der Waals surface area contributed by atoms with Crippen molar-refractivity contribution >= 4 is 37.3 Å². The summed E-state index contributed by atoms with van der Waals surface area (Å²) in [6.45, 7) is -0.185. The molecule has 138 valence electrons. The SMILES string of the molecule is O=C(Cl)OCC1c2ccc(S(=O)(=O)[O-])cc2-c2cc(S(=O)(=O)[O-])ccc21. The summed E-state index contributed by atoms with van der Waals surface area (Å²) in [5.41, 5.74) is 0.491. The average Bonchev–Trinajstić information content (AvgIpc) is 2.83. The highest BCUT2D eigenvalue weighted by molar-refractivity contribution is 7.86. The molecule has 8 nitrogen and oxygen atoms in total. The predicted octanol–water partition coefficient (Wildman–Crippen LogP) is 1.98. The van der Waals surface area contributed by atoms with Crippen LogP contribution in [0.2, 0.25) is 0 Å². The van der Waals surface area contributed by atoms with Crippen LogP contribution in [0.15, 0.2) is 46.2 Å². The van der Waals surface area contributed by atoms with E-state index >= 15 is 0 Å². The van der Waals surface area contributed by atoms with Crippen LogP contribution in [0, 0.1) is 0 Å². The summed E-state index contributed by atoms with van der Waals surface area (Å²) in [6.07, 6.45) is 0. The summed E-state index contributed by atoms with van der Waals surface area (Å²) in [5.74, 6) is -0.561. The highest BCUT2D eigenvalue weighted by atomic mass is 35.5. The minimum atomic E-state index is -4.75. The van der Waals surface area contributed by atoms with Gasteiger partial charge in [-0.2, -0.15) is 0 Å². The van der Waals surface area contributed by atoms with Gasteiger partial charge in [-0.1, -0.05) is 12.1 Å². The van der Waals surface area contributed by atoms with Crippen LogP contribution < -0.4 is 0 Å². The Morgan fingerprint density at radius 3 is 1.69 bits per heavy atom. The van der Waals surface area contributed by atoms with Crippen molar-refractivity contribution in [2.45, 2.75) is 15.7 Å². The Morgan fingerprint density at radius 2 is 1.35 bits per heavy atom. The molecular formula is C15H9ClO8S2-2. The van der Waals surface area contributed by atoms with E-state index in [1.54, 1.807) is 0 Å². The summed E-state index contributed by atoms with van der Waals surface area (Å²) in [6, 6.07) is 7.15. The van der Waals surface area contributed by atoms with E-state index in [-0.39, 0.29) is 17.7 Å². The molecular weight excluding hydrogens is 408 g/mol. The van der Waals surface area contributed by atoms with Crippen molar-refractivity contribution < 1.29 is 35.5 Å². The van der Waals surface area contributed by atoms with Crippen molar-refractivity contribution in [3.63, 3.8) is 0 Å². The Balaban J connectivity index is 2.23. The van der Waals surface area contributed by atoms with Gasteiger partial charge >= 0.3 is 5.43 Å². The van der Waals surface area contributed by atoms with Gasteiger partial charge in [0.1, 0.15) is 26.8 Å². The number of halogens is 1. The van der Waals surface area contributed by atoms with E-state index < -0.39 is 41.4 Å². The Hall–Kier alpha value is -1.98. The van der Waals surface area contributed by atoms with Crippen molar-refractivity contribution in [1.82, 2.24) is 0 Å². The summed E-state index contributed by atoms with van der Waals surface area (Å²) in [4.78, 5) is 9.88. The molecule has 3 rings (SSSR count). The molecule has 2 aromatic rings. The maximum absolute atomic E-state index is 11.3. The Bertz CT molecular complexity index is 1040. The van der Waals surface area contributed by atoms with Crippen LogP contribution in [-0.4, -0.2) is 38.0 Å². The molecule has 0 aliphatic heterocycles. The van der Waals surface area contributed by atoms with Gasteiger partial charge in [-0.15, -0.1) is 0 Å². The second kappa shape index (κ2) is 6.32. The fourth-order valence-electron chi connectivity index (χ4n) is 2.95. The van der Waals surface area contributed by atoms with Crippen LogP contribution in [0.4, 0.5) is 4.79 Å². The first-order chi connectivity index (χ1) is 12.0. The van der Waals surface area contributed by atoms with E-state index in [1.165, 1.54) is 12.1 Å².